The van der Waals surface area contributed by atoms with Gasteiger partial charge in [-0.1, -0.05) is 34.5 Å². The first-order chi connectivity index (χ1) is 17.3. The first-order valence-electron chi connectivity index (χ1n) is 10.7. The highest BCUT2D eigenvalue weighted by atomic mass is 35.5. The van der Waals surface area contributed by atoms with Crippen molar-refractivity contribution < 1.29 is 23.8 Å². The van der Waals surface area contributed by atoms with Gasteiger partial charge in [0.05, 0.1) is 38.5 Å². The topological polar surface area (TPSA) is 92.6 Å². The fourth-order valence-electron chi connectivity index (χ4n) is 3.99. The number of ketones is 1. The molecule has 3 heterocycles. The van der Waals surface area contributed by atoms with Crippen LogP contribution in [-0.2, 0) is 9.59 Å². The van der Waals surface area contributed by atoms with E-state index in [0.29, 0.717) is 28.1 Å². The van der Waals surface area contributed by atoms with Crippen molar-refractivity contribution in [3.05, 3.63) is 87.4 Å². The number of nitrogens with zero attached hydrogens (tertiary/aromatic N) is 3. The van der Waals surface area contributed by atoms with Crippen molar-refractivity contribution >= 4 is 67.3 Å². The molecule has 1 atom stereocenters. The van der Waals surface area contributed by atoms with Gasteiger partial charge in [-0.15, -0.1) is 0 Å². The number of anilines is 1. The van der Waals surface area contributed by atoms with Gasteiger partial charge in [-0.2, -0.15) is 0 Å². The zero-order valence-electron chi connectivity index (χ0n) is 18.5. The fourth-order valence-corrected chi connectivity index (χ4v) is 5.36. The maximum Gasteiger partial charge on any atom is 0.301 e. The van der Waals surface area contributed by atoms with Crippen molar-refractivity contribution in [2.75, 3.05) is 11.5 Å². The Labute approximate surface area is 218 Å². The smallest absolute Gasteiger partial charge is 0.301 e. The van der Waals surface area contributed by atoms with Gasteiger partial charge in [-0.25, -0.2) is 9.37 Å². The molecule has 7 nitrogen and oxygen atoms in total. The Morgan fingerprint density at radius 3 is 2.61 bits per heavy atom. The normalized spacial score (nSPS) is 17.2. The third kappa shape index (κ3) is 4.09. The predicted octanol–water partition coefficient (Wildman–Crippen LogP) is 6.16. The quantitative estimate of drug-likeness (QED) is 0.184. The second-order valence-corrected chi connectivity index (χ2v) is 9.58. The van der Waals surface area contributed by atoms with E-state index in [2.05, 4.69) is 9.97 Å². The van der Waals surface area contributed by atoms with Crippen molar-refractivity contribution in [1.29, 1.82) is 0 Å². The van der Waals surface area contributed by atoms with E-state index >= 15 is 0 Å². The Morgan fingerprint density at radius 2 is 1.89 bits per heavy atom. The lowest BCUT2D eigenvalue weighted by Gasteiger charge is -2.22. The van der Waals surface area contributed by atoms with Gasteiger partial charge in [0.15, 0.2) is 5.13 Å². The van der Waals surface area contributed by atoms with Crippen LogP contribution in [0, 0.1) is 5.82 Å². The monoisotopic (exact) mass is 543 g/mol. The zero-order valence-corrected chi connectivity index (χ0v) is 20.9. The molecule has 36 heavy (non-hydrogen) atoms. The lowest BCUT2D eigenvalue weighted by Crippen LogP contribution is -2.29. The highest BCUT2D eigenvalue weighted by Gasteiger charge is 2.48. The third-order valence-electron chi connectivity index (χ3n) is 5.60. The number of thiazole rings is 1. The molecule has 0 bridgehead atoms. The number of Topliss-reactive ketones (excluding diaryl/α,β-unsaturated/α-hetero) is 1. The molecule has 0 saturated carbocycles. The second kappa shape index (κ2) is 9.50. The molecular formula is C25H16Cl2FN3O4S. The highest BCUT2D eigenvalue weighted by molar-refractivity contribution is 7.22. The van der Waals surface area contributed by atoms with Crippen molar-refractivity contribution in [3.63, 3.8) is 0 Å². The fraction of sp³-hybridized carbons (Fsp3) is 0.120. The first kappa shape index (κ1) is 24.2. The van der Waals surface area contributed by atoms with E-state index < -0.39 is 29.3 Å². The van der Waals surface area contributed by atoms with Crippen molar-refractivity contribution in [1.82, 2.24) is 9.97 Å². The Bertz CT molecular complexity index is 1520. The minimum atomic E-state index is -1.04. The van der Waals surface area contributed by atoms with Crippen LogP contribution in [0.2, 0.25) is 10.0 Å². The number of pyridine rings is 1. The van der Waals surface area contributed by atoms with Crippen molar-refractivity contribution in [2.45, 2.75) is 13.0 Å². The van der Waals surface area contributed by atoms with Gasteiger partial charge in [0.25, 0.3) is 5.78 Å². The van der Waals surface area contributed by atoms with Crippen LogP contribution in [0.15, 0.2) is 60.4 Å². The van der Waals surface area contributed by atoms with E-state index in [9.17, 15) is 19.1 Å². The van der Waals surface area contributed by atoms with Gasteiger partial charge in [0.1, 0.15) is 17.3 Å². The Balaban J connectivity index is 1.73. The Hall–Kier alpha value is -3.53. The van der Waals surface area contributed by atoms with Gasteiger partial charge >= 0.3 is 5.91 Å². The number of amides is 1. The van der Waals surface area contributed by atoms with E-state index in [1.54, 1.807) is 25.1 Å². The highest BCUT2D eigenvalue weighted by Crippen LogP contribution is 2.45. The summed E-state index contributed by atoms with van der Waals surface area (Å²) in [6.07, 6.45) is 3.01. The maximum absolute atomic E-state index is 14.0. The first-order valence-corrected chi connectivity index (χ1v) is 12.3. The molecule has 1 aliphatic heterocycles. The third-order valence-corrected chi connectivity index (χ3v) is 7.23. The molecule has 0 aliphatic carbocycles. The molecule has 0 spiro atoms. The molecule has 1 N–H and O–H groups in total. The number of hydrogen-bond donors (Lipinski definition) is 1. The number of carbonyl (C=O) groups is 2. The zero-order chi connectivity index (χ0) is 25.6. The van der Waals surface area contributed by atoms with Gasteiger partial charge in [0.2, 0.25) is 0 Å². The molecule has 1 aliphatic rings. The number of aliphatic hydroxyl groups is 1. The summed E-state index contributed by atoms with van der Waals surface area (Å²) in [7, 11) is 0. The molecule has 2 aromatic heterocycles. The van der Waals surface area contributed by atoms with Gasteiger partial charge in [-0.05, 0) is 55.0 Å². The number of fused-ring (bicyclic) bond motifs is 1. The van der Waals surface area contributed by atoms with Crippen LogP contribution in [0.5, 0.6) is 5.75 Å². The summed E-state index contributed by atoms with van der Waals surface area (Å²) in [5.74, 6) is -2.48. The van der Waals surface area contributed by atoms with Crippen LogP contribution in [0.1, 0.15) is 24.1 Å². The molecule has 1 amide bonds. The number of aliphatic hydroxyl groups excluding tert-OH is 1. The molecular weight excluding hydrogens is 528 g/mol. The molecule has 2 aromatic carbocycles. The minimum Gasteiger partial charge on any atom is -0.507 e. The number of carbonyl (C=O) groups excluding carboxylic acids is 2. The molecule has 0 radical (unpaired) electrons. The largest absolute Gasteiger partial charge is 0.507 e. The summed E-state index contributed by atoms with van der Waals surface area (Å²) < 4.78 is 20.0. The molecule has 182 valence electrons. The van der Waals surface area contributed by atoms with Crippen LogP contribution >= 0.6 is 34.5 Å². The second-order valence-electron chi connectivity index (χ2n) is 7.75. The summed E-state index contributed by atoms with van der Waals surface area (Å²) in [5, 5.41) is 11.5. The summed E-state index contributed by atoms with van der Waals surface area (Å²) in [6.45, 7) is 2.19. The minimum absolute atomic E-state index is 0.115. The Kier molecular flexibility index (Phi) is 6.38. The van der Waals surface area contributed by atoms with E-state index in [-0.39, 0.29) is 26.3 Å². The summed E-state index contributed by atoms with van der Waals surface area (Å²) in [6, 6.07) is 9.44. The van der Waals surface area contributed by atoms with Crippen LogP contribution < -0.4 is 9.64 Å². The van der Waals surface area contributed by atoms with E-state index in [1.807, 2.05) is 0 Å². The number of aromatic nitrogens is 2. The number of benzene rings is 2. The van der Waals surface area contributed by atoms with Crippen LogP contribution in [0.3, 0.4) is 0 Å². The number of hydrogen-bond acceptors (Lipinski definition) is 7. The lowest BCUT2D eigenvalue weighted by molar-refractivity contribution is -0.132. The lowest BCUT2D eigenvalue weighted by atomic mass is 9.96. The Morgan fingerprint density at radius 1 is 1.14 bits per heavy atom. The van der Waals surface area contributed by atoms with Crippen LogP contribution in [0.25, 0.3) is 16.0 Å². The van der Waals surface area contributed by atoms with Crippen molar-refractivity contribution in [3.8, 4) is 5.75 Å². The summed E-state index contributed by atoms with van der Waals surface area (Å²) >= 11 is 13.3. The molecule has 4 aromatic rings. The average Bonchev–Trinajstić information content (AvgIpc) is 3.38. The van der Waals surface area contributed by atoms with Crippen LogP contribution in [0.4, 0.5) is 9.52 Å². The van der Waals surface area contributed by atoms with Gasteiger partial charge < -0.3 is 9.84 Å². The standard InChI is InChI=1S/C25H16Cl2FN3O4S/c1-2-35-13-3-4-15(26)14(9-13)22(32)20-21(12-5-7-29-8-6-12)31(24(34)23(20)33)25-30-18-10-16(27)17(28)11-19(18)36-25/h3-11,21,32H,2H2,1H3/b22-20+. The summed E-state index contributed by atoms with van der Waals surface area (Å²) in [4.78, 5) is 36.3. The SMILES string of the molecule is CCOc1ccc(Cl)c(/C(O)=C2\C(=O)C(=O)N(c3nc4cc(Cl)c(F)cc4s3)C2c2ccncc2)c1. The number of halogens is 3. The molecule has 11 heteroatoms. The number of rotatable bonds is 5. The molecule has 1 unspecified atom stereocenters. The van der Waals surface area contributed by atoms with Crippen LogP contribution in [-0.4, -0.2) is 33.4 Å². The van der Waals surface area contributed by atoms with Gasteiger partial charge in [0, 0.05) is 18.0 Å². The average molecular weight is 544 g/mol. The number of ether oxygens (including phenoxy) is 1. The van der Waals surface area contributed by atoms with Crippen molar-refractivity contribution in [2.24, 2.45) is 0 Å². The maximum atomic E-state index is 14.0. The summed E-state index contributed by atoms with van der Waals surface area (Å²) in [5.41, 5.74) is 0.832. The van der Waals surface area contributed by atoms with E-state index in [4.69, 9.17) is 27.9 Å². The van der Waals surface area contributed by atoms with E-state index in [0.717, 1.165) is 11.3 Å². The molecule has 5 rings (SSSR count). The molecule has 1 saturated heterocycles. The predicted molar refractivity (Wildman–Crippen MR) is 136 cm³/mol. The van der Waals surface area contributed by atoms with Gasteiger partial charge in [-0.3, -0.25) is 19.5 Å². The molecule has 1 fully saturated rings. The van der Waals surface area contributed by atoms with E-state index in [1.165, 1.54) is 41.6 Å².